The minimum Gasteiger partial charge on any atom is -0.491 e. The lowest BCUT2D eigenvalue weighted by Gasteiger charge is -2.22. The van der Waals surface area contributed by atoms with Gasteiger partial charge in [-0.3, -0.25) is 9.59 Å². The van der Waals surface area contributed by atoms with Gasteiger partial charge < -0.3 is 19.3 Å². The van der Waals surface area contributed by atoms with E-state index in [1.54, 1.807) is 55.8 Å². The van der Waals surface area contributed by atoms with Crippen LogP contribution in [0.5, 0.6) is 5.75 Å². The van der Waals surface area contributed by atoms with Crippen molar-refractivity contribution in [1.82, 2.24) is 19.4 Å². The molecule has 2 amide bonds. The molecule has 1 aromatic heterocycles. The Morgan fingerprint density at radius 1 is 1.12 bits per heavy atom. The van der Waals surface area contributed by atoms with Gasteiger partial charge in [-0.1, -0.05) is 10.6 Å². The van der Waals surface area contributed by atoms with Crippen LogP contribution in [0.1, 0.15) is 20.8 Å². The van der Waals surface area contributed by atoms with E-state index in [0.717, 1.165) is 11.5 Å². The first-order chi connectivity index (χ1) is 12.5. The zero-order chi connectivity index (χ0) is 18.9. The van der Waals surface area contributed by atoms with E-state index in [1.165, 1.54) is 4.90 Å². The number of amides is 2. The molecule has 0 unspecified atom stereocenters. The van der Waals surface area contributed by atoms with E-state index in [1.807, 2.05) is 0 Å². The van der Waals surface area contributed by atoms with Gasteiger partial charge in [0.15, 0.2) is 5.69 Å². The molecule has 0 aliphatic carbocycles. The first-order valence-electron chi connectivity index (χ1n) is 8.02. The highest BCUT2D eigenvalue weighted by Crippen LogP contribution is 2.15. The van der Waals surface area contributed by atoms with Gasteiger partial charge in [0.25, 0.3) is 11.8 Å². The highest BCUT2D eigenvalue weighted by molar-refractivity contribution is 7.03. The van der Waals surface area contributed by atoms with Crippen molar-refractivity contribution in [2.75, 3.05) is 47.5 Å². The highest BCUT2D eigenvalue weighted by atomic mass is 32.1. The lowest BCUT2D eigenvalue weighted by atomic mass is 10.2. The molecular formula is C17H22N4O4S. The molecule has 0 radical (unpaired) electrons. The molecule has 1 heterocycles. The van der Waals surface area contributed by atoms with Gasteiger partial charge in [-0.05, 0) is 29.7 Å². The molecule has 2 aromatic rings. The average molecular weight is 378 g/mol. The fraction of sp³-hybridized carbons (Fsp3) is 0.412. The van der Waals surface area contributed by atoms with Crippen LogP contribution >= 0.6 is 11.5 Å². The van der Waals surface area contributed by atoms with Crippen molar-refractivity contribution < 1.29 is 19.1 Å². The predicted octanol–water partition coefficient (Wildman–Crippen LogP) is 1.41. The maximum absolute atomic E-state index is 12.6. The number of hydrogen-bond acceptors (Lipinski definition) is 7. The Kier molecular flexibility index (Phi) is 7.49. The first kappa shape index (κ1) is 19.8. The maximum Gasteiger partial charge on any atom is 0.275 e. The number of ether oxygens (including phenoxy) is 2. The normalized spacial score (nSPS) is 10.4. The first-order valence-corrected chi connectivity index (χ1v) is 8.86. The number of carbonyl (C=O) groups excluding carboxylic acids is 2. The fourth-order valence-electron chi connectivity index (χ4n) is 2.14. The van der Waals surface area contributed by atoms with Crippen molar-refractivity contribution in [2.45, 2.75) is 0 Å². The molecule has 0 saturated carbocycles. The lowest BCUT2D eigenvalue weighted by molar-refractivity contribution is 0.0715. The van der Waals surface area contributed by atoms with E-state index in [2.05, 4.69) is 9.59 Å². The second-order valence-corrected chi connectivity index (χ2v) is 6.22. The van der Waals surface area contributed by atoms with Crippen molar-refractivity contribution in [2.24, 2.45) is 0 Å². The van der Waals surface area contributed by atoms with Crippen LogP contribution in [0.3, 0.4) is 0 Å². The molecule has 0 fully saturated rings. The molecule has 0 bridgehead atoms. The zero-order valence-electron chi connectivity index (χ0n) is 15.0. The quantitative estimate of drug-likeness (QED) is 0.614. The molecule has 0 aliphatic rings. The Morgan fingerprint density at radius 3 is 2.50 bits per heavy atom. The van der Waals surface area contributed by atoms with Crippen LogP contribution in [-0.2, 0) is 4.74 Å². The fourth-order valence-corrected chi connectivity index (χ4v) is 2.57. The van der Waals surface area contributed by atoms with E-state index in [0.29, 0.717) is 43.3 Å². The van der Waals surface area contributed by atoms with Crippen molar-refractivity contribution in [3.63, 3.8) is 0 Å². The van der Waals surface area contributed by atoms with Gasteiger partial charge in [-0.25, -0.2) is 0 Å². The number of carbonyl (C=O) groups is 2. The molecule has 9 heteroatoms. The van der Waals surface area contributed by atoms with Gasteiger partial charge in [-0.15, -0.1) is 5.10 Å². The van der Waals surface area contributed by atoms with Gasteiger partial charge in [0.05, 0.1) is 6.61 Å². The Hall–Kier alpha value is -2.52. The van der Waals surface area contributed by atoms with Crippen molar-refractivity contribution >= 4 is 23.3 Å². The number of nitrogens with zero attached hydrogens (tertiary/aromatic N) is 4. The number of hydrogen-bond donors (Lipinski definition) is 0. The number of methoxy groups -OCH3 is 1. The summed E-state index contributed by atoms with van der Waals surface area (Å²) in [5, 5.41) is 5.36. The number of aromatic nitrogens is 2. The van der Waals surface area contributed by atoms with E-state index in [4.69, 9.17) is 9.47 Å². The molecule has 1 aromatic carbocycles. The summed E-state index contributed by atoms with van der Waals surface area (Å²) in [4.78, 5) is 27.8. The van der Waals surface area contributed by atoms with Gasteiger partial charge >= 0.3 is 0 Å². The number of likely N-dealkylation sites (N-methyl/N-ethyl adjacent to an activating group) is 2. The summed E-state index contributed by atoms with van der Waals surface area (Å²) < 4.78 is 14.2. The van der Waals surface area contributed by atoms with Gasteiger partial charge in [0.1, 0.15) is 12.4 Å². The third kappa shape index (κ3) is 5.50. The molecule has 0 atom stereocenters. The Bertz CT molecular complexity index is 723. The summed E-state index contributed by atoms with van der Waals surface area (Å²) >= 11 is 1.13. The van der Waals surface area contributed by atoms with Crippen LogP contribution in [0.4, 0.5) is 0 Å². The Labute approximate surface area is 156 Å². The van der Waals surface area contributed by atoms with Crippen LogP contribution in [0, 0.1) is 0 Å². The standard InChI is InChI=1S/C17H22N4O4S/c1-20(7-8-21(2)17(23)15-12-26-19-18-15)16(22)13-5-4-6-14(11-13)25-10-9-24-3/h4-6,11-12H,7-10H2,1-3H3. The van der Waals surface area contributed by atoms with E-state index < -0.39 is 0 Å². The summed E-state index contributed by atoms with van der Waals surface area (Å²) in [5.74, 6) is 0.260. The van der Waals surface area contributed by atoms with Crippen molar-refractivity contribution in [1.29, 1.82) is 0 Å². The number of benzene rings is 1. The molecule has 26 heavy (non-hydrogen) atoms. The molecule has 0 aliphatic heterocycles. The summed E-state index contributed by atoms with van der Waals surface area (Å²) in [6.07, 6.45) is 0. The monoisotopic (exact) mass is 378 g/mol. The molecule has 0 N–H and O–H groups in total. The van der Waals surface area contributed by atoms with Crippen LogP contribution < -0.4 is 4.74 Å². The third-order valence-electron chi connectivity index (χ3n) is 3.68. The molecule has 0 saturated heterocycles. The van der Waals surface area contributed by atoms with Gasteiger partial charge in [0.2, 0.25) is 0 Å². The molecule has 8 nitrogen and oxygen atoms in total. The second kappa shape index (κ2) is 9.83. The summed E-state index contributed by atoms with van der Waals surface area (Å²) in [6.45, 7) is 1.69. The minimum atomic E-state index is -0.215. The van der Waals surface area contributed by atoms with Crippen LogP contribution in [0.15, 0.2) is 29.6 Å². The Balaban J connectivity index is 1.88. The zero-order valence-corrected chi connectivity index (χ0v) is 15.9. The maximum atomic E-state index is 12.6. The predicted molar refractivity (Wildman–Crippen MR) is 97.6 cm³/mol. The van der Waals surface area contributed by atoms with Gasteiger partial charge in [-0.2, -0.15) is 0 Å². The molecule has 2 rings (SSSR count). The number of rotatable bonds is 9. The van der Waals surface area contributed by atoms with E-state index in [9.17, 15) is 9.59 Å². The van der Waals surface area contributed by atoms with E-state index >= 15 is 0 Å². The largest absolute Gasteiger partial charge is 0.491 e. The van der Waals surface area contributed by atoms with Crippen molar-refractivity contribution in [3.05, 3.63) is 40.9 Å². The van der Waals surface area contributed by atoms with Crippen LogP contribution in [-0.4, -0.2) is 78.7 Å². The molecular weight excluding hydrogens is 356 g/mol. The average Bonchev–Trinajstić information content (AvgIpc) is 3.19. The lowest BCUT2D eigenvalue weighted by Crippen LogP contribution is -2.37. The minimum absolute atomic E-state index is 0.140. The molecule has 140 valence electrons. The third-order valence-corrected chi connectivity index (χ3v) is 4.19. The Morgan fingerprint density at radius 2 is 1.85 bits per heavy atom. The van der Waals surface area contributed by atoms with E-state index in [-0.39, 0.29) is 11.8 Å². The molecule has 0 spiro atoms. The van der Waals surface area contributed by atoms with Crippen molar-refractivity contribution in [3.8, 4) is 5.75 Å². The van der Waals surface area contributed by atoms with Crippen LogP contribution in [0.25, 0.3) is 0 Å². The summed E-state index contributed by atoms with van der Waals surface area (Å²) in [7, 11) is 4.97. The van der Waals surface area contributed by atoms with Crippen LogP contribution in [0.2, 0.25) is 0 Å². The SMILES string of the molecule is COCCOc1cccc(C(=O)N(C)CCN(C)C(=O)c2csnn2)c1. The smallest absolute Gasteiger partial charge is 0.275 e. The highest BCUT2D eigenvalue weighted by Gasteiger charge is 2.17. The summed E-state index contributed by atoms with van der Waals surface area (Å²) in [6, 6.07) is 7.00. The van der Waals surface area contributed by atoms with Gasteiger partial charge in [0, 0.05) is 45.2 Å². The topological polar surface area (TPSA) is 84.9 Å². The second-order valence-electron chi connectivity index (χ2n) is 5.61. The summed E-state index contributed by atoms with van der Waals surface area (Å²) in [5.41, 5.74) is 0.840.